The first-order chi connectivity index (χ1) is 7.54. The fourth-order valence-corrected chi connectivity index (χ4v) is 1.70. The molecule has 0 spiro atoms. The molecule has 1 aromatic carbocycles. The molecule has 3 heteroatoms. The van der Waals surface area contributed by atoms with Gasteiger partial charge in [0.25, 0.3) is 0 Å². The van der Waals surface area contributed by atoms with Crippen molar-refractivity contribution in [2.24, 2.45) is 0 Å². The fourth-order valence-electron chi connectivity index (χ4n) is 1.51. The van der Waals surface area contributed by atoms with Crippen LogP contribution in [0.2, 0.25) is 0 Å². The zero-order chi connectivity index (χ0) is 12.2. The molecule has 0 aliphatic rings. The zero-order valence-electron chi connectivity index (χ0n) is 9.03. The van der Waals surface area contributed by atoms with Gasteiger partial charge in [-0.2, -0.15) is 5.26 Å². The minimum Gasteiger partial charge on any atom is -0.280 e. The van der Waals surface area contributed by atoms with E-state index in [2.05, 4.69) is 6.58 Å². The molecule has 0 bridgehead atoms. The largest absolute Gasteiger partial charge is 0.280 e. The highest BCUT2D eigenvalue weighted by Crippen LogP contribution is 2.30. The molecule has 16 heavy (non-hydrogen) atoms. The Hall–Kier alpha value is -1.59. The van der Waals surface area contributed by atoms with Crippen LogP contribution in [0.4, 0.5) is 0 Å². The summed E-state index contributed by atoms with van der Waals surface area (Å²) in [6, 6.07) is 8.89. The summed E-state index contributed by atoms with van der Waals surface area (Å²) in [6.07, 6.45) is 2.14. The first-order valence-electron chi connectivity index (χ1n) is 4.86. The van der Waals surface area contributed by atoms with Crippen LogP contribution in [0.5, 0.6) is 0 Å². The number of nitrogens with zero attached hydrogens (tertiary/aromatic N) is 1. The van der Waals surface area contributed by atoms with Gasteiger partial charge in [0.2, 0.25) is 5.24 Å². The van der Waals surface area contributed by atoms with Crippen LogP contribution in [0.15, 0.2) is 36.9 Å². The quantitative estimate of drug-likeness (QED) is 0.592. The van der Waals surface area contributed by atoms with E-state index in [1.54, 1.807) is 37.3 Å². The van der Waals surface area contributed by atoms with Gasteiger partial charge in [-0.05, 0) is 42.6 Å². The third kappa shape index (κ3) is 2.32. The van der Waals surface area contributed by atoms with Crippen molar-refractivity contribution >= 4 is 16.8 Å². The molecule has 82 valence electrons. The molecule has 0 aromatic heterocycles. The first-order valence-corrected chi connectivity index (χ1v) is 5.24. The second-order valence-corrected chi connectivity index (χ2v) is 4.13. The standard InChI is InChI=1S/C13H12ClNO/c1-3-8-13(2,12(14)16)11-6-4-10(9-15)5-7-11/h3-7H,1,8H2,2H3. The number of nitriles is 1. The van der Waals surface area contributed by atoms with Crippen molar-refractivity contribution in [1.82, 2.24) is 0 Å². The van der Waals surface area contributed by atoms with E-state index in [0.29, 0.717) is 12.0 Å². The third-order valence-corrected chi connectivity index (χ3v) is 3.05. The summed E-state index contributed by atoms with van der Waals surface area (Å²) in [4.78, 5) is 11.5. The molecule has 0 heterocycles. The number of hydrogen-bond acceptors (Lipinski definition) is 2. The van der Waals surface area contributed by atoms with Crippen LogP contribution in [-0.4, -0.2) is 5.24 Å². The highest BCUT2D eigenvalue weighted by molar-refractivity contribution is 6.65. The SMILES string of the molecule is C=CCC(C)(C(=O)Cl)c1ccc(C#N)cc1. The summed E-state index contributed by atoms with van der Waals surface area (Å²) in [5.41, 5.74) is 0.593. The zero-order valence-corrected chi connectivity index (χ0v) is 9.79. The molecule has 2 nitrogen and oxygen atoms in total. The predicted molar refractivity (Wildman–Crippen MR) is 64.2 cm³/mol. The second kappa shape index (κ2) is 4.96. The number of carbonyl (C=O) groups excluding carboxylic acids is 1. The van der Waals surface area contributed by atoms with E-state index >= 15 is 0 Å². The van der Waals surface area contributed by atoms with Gasteiger partial charge >= 0.3 is 0 Å². The van der Waals surface area contributed by atoms with Gasteiger partial charge in [0.1, 0.15) is 0 Å². The van der Waals surface area contributed by atoms with Gasteiger partial charge in [-0.3, -0.25) is 4.79 Å². The van der Waals surface area contributed by atoms with Crippen molar-refractivity contribution in [1.29, 1.82) is 5.26 Å². The maximum Gasteiger partial charge on any atom is 0.232 e. The normalized spacial score (nSPS) is 13.6. The lowest BCUT2D eigenvalue weighted by atomic mass is 9.80. The van der Waals surface area contributed by atoms with Crippen LogP contribution in [-0.2, 0) is 10.2 Å². The van der Waals surface area contributed by atoms with Gasteiger partial charge in [-0.25, -0.2) is 0 Å². The molecule has 0 radical (unpaired) electrons. The summed E-state index contributed by atoms with van der Waals surface area (Å²) in [7, 11) is 0. The Morgan fingerprint density at radius 1 is 1.56 bits per heavy atom. The average molecular weight is 234 g/mol. The summed E-state index contributed by atoms with van der Waals surface area (Å²) in [5, 5.41) is 8.27. The molecule has 1 rings (SSSR count). The van der Waals surface area contributed by atoms with Crippen LogP contribution in [0.25, 0.3) is 0 Å². The summed E-state index contributed by atoms with van der Waals surface area (Å²) >= 11 is 5.62. The van der Waals surface area contributed by atoms with E-state index in [9.17, 15) is 4.79 Å². The molecule has 1 unspecified atom stereocenters. The van der Waals surface area contributed by atoms with E-state index in [1.165, 1.54) is 0 Å². The van der Waals surface area contributed by atoms with Crippen LogP contribution >= 0.6 is 11.6 Å². The van der Waals surface area contributed by atoms with Crippen LogP contribution in [0.3, 0.4) is 0 Å². The number of benzene rings is 1. The van der Waals surface area contributed by atoms with Crippen LogP contribution in [0.1, 0.15) is 24.5 Å². The summed E-state index contributed by atoms with van der Waals surface area (Å²) in [5.74, 6) is 0. The molecular formula is C13H12ClNO. The van der Waals surface area contributed by atoms with E-state index < -0.39 is 10.7 Å². The van der Waals surface area contributed by atoms with Crippen molar-refractivity contribution in [3.05, 3.63) is 48.0 Å². The minimum absolute atomic E-state index is 0.419. The summed E-state index contributed by atoms with van der Waals surface area (Å²) < 4.78 is 0. The van der Waals surface area contributed by atoms with Crippen molar-refractivity contribution in [2.45, 2.75) is 18.8 Å². The smallest absolute Gasteiger partial charge is 0.232 e. The highest BCUT2D eigenvalue weighted by atomic mass is 35.5. The number of hydrogen-bond donors (Lipinski definition) is 0. The topological polar surface area (TPSA) is 40.9 Å². The molecule has 1 aromatic rings. The van der Waals surface area contributed by atoms with Crippen molar-refractivity contribution in [3.63, 3.8) is 0 Å². The number of allylic oxidation sites excluding steroid dienone is 1. The molecule has 0 saturated heterocycles. The third-order valence-electron chi connectivity index (χ3n) is 2.64. The van der Waals surface area contributed by atoms with Crippen LogP contribution < -0.4 is 0 Å². The number of carbonyl (C=O) groups is 1. The van der Waals surface area contributed by atoms with Crippen molar-refractivity contribution in [3.8, 4) is 6.07 Å². The minimum atomic E-state index is -0.767. The number of rotatable bonds is 4. The van der Waals surface area contributed by atoms with Crippen molar-refractivity contribution in [2.75, 3.05) is 0 Å². The summed E-state index contributed by atoms with van der Waals surface area (Å²) in [6.45, 7) is 5.39. The Balaban J connectivity index is 3.17. The molecule has 1 atom stereocenters. The predicted octanol–water partition coefficient (Wildman–Crippen LogP) is 3.16. The molecule has 0 aliphatic carbocycles. The monoisotopic (exact) mass is 233 g/mol. The molecule has 0 fully saturated rings. The average Bonchev–Trinajstić information content (AvgIpc) is 2.29. The molecular weight excluding hydrogens is 222 g/mol. The Morgan fingerprint density at radius 2 is 2.12 bits per heavy atom. The van der Waals surface area contributed by atoms with E-state index in [-0.39, 0.29) is 0 Å². The van der Waals surface area contributed by atoms with Gasteiger partial charge in [-0.1, -0.05) is 18.2 Å². The van der Waals surface area contributed by atoms with Gasteiger partial charge in [-0.15, -0.1) is 6.58 Å². The highest BCUT2D eigenvalue weighted by Gasteiger charge is 2.32. The van der Waals surface area contributed by atoms with E-state index in [1.807, 2.05) is 6.07 Å². The number of halogens is 1. The lowest BCUT2D eigenvalue weighted by molar-refractivity contribution is -0.116. The van der Waals surface area contributed by atoms with Crippen molar-refractivity contribution < 1.29 is 4.79 Å². The van der Waals surface area contributed by atoms with Gasteiger partial charge in [0.05, 0.1) is 17.0 Å². The molecule has 0 saturated carbocycles. The maximum atomic E-state index is 11.5. The Labute approximate surface area is 100 Å². The molecule has 0 amide bonds. The fraction of sp³-hybridized carbons (Fsp3) is 0.231. The first kappa shape index (κ1) is 12.5. The Bertz CT molecular complexity index is 444. The maximum absolute atomic E-state index is 11.5. The van der Waals surface area contributed by atoms with E-state index in [4.69, 9.17) is 16.9 Å². The second-order valence-electron chi connectivity index (χ2n) is 3.79. The molecule has 0 aliphatic heterocycles. The van der Waals surface area contributed by atoms with E-state index in [0.717, 1.165) is 5.56 Å². The lowest BCUT2D eigenvalue weighted by Crippen LogP contribution is -2.28. The van der Waals surface area contributed by atoms with Gasteiger partial charge in [0, 0.05) is 0 Å². The van der Waals surface area contributed by atoms with Gasteiger partial charge in [0.15, 0.2) is 0 Å². The Morgan fingerprint density at radius 3 is 2.50 bits per heavy atom. The Kier molecular flexibility index (Phi) is 3.87. The van der Waals surface area contributed by atoms with Crippen LogP contribution in [0, 0.1) is 11.3 Å². The van der Waals surface area contributed by atoms with Gasteiger partial charge < -0.3 is 0 Å². The lowest BCUT2D eigenvalue weighted by Gasteiger charge is -2.24. The molecule has 0 N–H and O–H groups in total.